The smallest absolute Gasteiger partial charge is 0.382 e. The molecule has 9 nitrogen and oxygen atoms in total. The van der Waals surface area contributed by atoms with Crippen molar-refractivity contribution in [2.75, 3.05) is 24.1 Å². The zero-order valence-electron chi connectivity index (χ0n) is 21.9. The second-order valence-electron chi connectivity index (χ2n) is 10.1. The Hall–Kier alpha value is -4.48. The monoisotopic (exact) mass is 551 g/mol. The third-order valence-corrected chi connectivity index (χ3v) is 6.96. The van der Waals surface area contributed by atoms with Gasteiger partial charge in [-0.25, -0.2) is 14.6 Å². The number of carbonyl (C=O) groups is 2. The number of alkyl halides is 3. The fraction of sp³-hybridized carbons (Fsp3) is 0.321. The Kier molecular flexibility index (Phi) is 7.17. The number of carbonyl (C=O) groups excluding carboxylic acids is 2. The minimum absolute atomic E-state index is 0.0204. The zero-order valence-corrected chi connectivity index (χ0v) is 21.9. The van der Waals surface area contributed by atoms with Crippen LogP contribution in [0.25, 0.3) is 16.6 Å². The highest BCUT2D eigenvalue weighted by atomic mass is 19.4. The van der Waals surface area contributed by atoms with Crippen LogP contribution in [0.2, 0.25) is 0 Å². The number of nitrogens with two attached hydrogens (primary N) is 1. The molecule has 1 saturated heterocycles. The number of benzene rings is 1. The van der Waals surface area contributed by atoms with Crippen LogP contribution < -0.4 is 11.1 Å². The predicted octanol–water partition coefficient (Wildman–Crippen LogP) is 5.03. The predicted molar refractivity (Wildman–Crippen MR) is 144 cm³/mol. The van der Waals surface area contributed by atoms with Gasteiger partial charge in [0.25, 0.3) is 5.91 Å². The highest BCUT2D eigenvalue weighted by Gasteiger charge is 2.31. The third-order valence-electron chi connectivity index (χ3n) is 6.96. The van der Waals surface area contributed by atoms with Crippen molar-refractivity contribution < 1.29 is 22.8 Å². The quantitative estimate of drug-likeness (QED) is 0.359. The van der Waals surface area contributed by atoms with E-state index < -0.39 is 17.6 Å². The van der Waals surface area contributed by atoms with Crippen molar-refractivity contribution in [1.29, 1.82) is 0 Å². The van der Waals surface area contributed by atoms with Crippen LogP contribution in [0.4, 0.5) is 24.8 Å². The molecule has 3 aromatic heterocycles. The molecule has 0 aliphatic carbocycles. The molecular weight excluding hydrogens is 523 g/mol. The fourth-order valence-electron chi connectivity index (χ4n) is 4.98. The van der Waals surface area contributed by atoms with Gasteiger partial charge in [0.2, 0.25) is 5.91 Å². The molecule has 40 heavy (non-hydrogen) atoms. The number of hydrogen-bond donors (Lipinski definition) is 2. The van der Waals surface area contributed by atoms with Crippen LogP contribution in [-0.4, -0.2) is 49.6 Å². The molecule has 1 aromatic carbocycles. The zero-order chi connectivity index (χ0) is 28.6. The summed E-state index contributed by atoms with van der Waals surface area (Å²) in [6.45, 7) is 5.06. The second kappa shape index (κ2) is 10.6. The van der Waals surface area contributed by atoms with Gasteiger partial charge in [0.1, 0.15) is 17.2 Å². The minimum atomic E-state index is -4.55. The van der Waals surface area contributed by atoms with Gasteiger partial charge in [0.05, 0.1) is 16.9 Å². The normalized spacial score (nSPS) is 15.9. The average Bonchev–Trinajstić information content (AvgIpc) is 3.33. The van der Waals surface area contributed by atoms with E-state index in [-0.39, 0.29) is 29.1 Å². The summed E-state index contributed by atoms with van der Waals surface area (Å²) in [5, 5.41) is 8.14. The van der Waals surface area contributed by atoms with E-state index >= 15 is 0 Å². The summed E-state index contributed by atoms with van der Waals surface area (Å²) in [6, 6.07) is 9.90. The van der Waals surface area contributed by atoms with E-state index in [9.17, 15) is 22.8 Å². The van der Waals surface area contributed by atoms with Crippen LogP contribution in [0, 0.1) is 5.92 Å². The van der Waals surface area contributed by atoms with Gasteiger partial charge in [0, 0.05) is 48.3 Å². The van der Waals surface area contributed by atoms with Gasteiger partial charge in [-0.15, -0.1) is 0 Å². The number of nitrogens with zero attached hydrogens (tertiary/aromatic N) is 5. The van der Waals surface area contributed by atoms with E-state index in [1.165, 1.54) is 0 Å². The molecule has 5 rings (SSSR count). The molecule has 12 heteroatoms. The minimum Gasteiger partial charge on any atom is -0.382 e. The fourth-order valence-corrected chi connectivity index (χ4v) is 4.98. The summed E-state index contributed by atoms with van der Waals surface area (Å²) < 4.78 is 40.7. The number of likely N-dealkylation sites (tertiary alicyclic amines) is 1. The first kappa shape index (κ1) is 27.1. The van der Waals surface area contributed by atoms with Gasteiger partial charge in [-0.1, -0.05) is 13.8 Å². The molecule has 1 aliphatic heterocycles. The molecule has 1 atom stereocenters. The summed E-state index contributed by atoms with van der Waals surface area (Å²) in [4.78, 5) is 35.3. The Morgan fingerprint density at radius 2 is 1.80 bits per heavy atom. The van der Waals surface area contributed by atoms with Gasteiger partial charge in [-0.3, -0.25) is 9.59 Å². The van der Waals surface area contributed by atoms with Crippen molar-refractivity contribution in [3.63, 3.8) is 0 Å². The van der Waals surface area contributed by atoms with Crippen LogP contribution in [0.1, 0.15) is 54.2 Å². The highest BCUT2D eigenvalue weighted by molar-refractivity contribution is 6.04. The van der Waals surface area contributed by atoms with Crippen LogP contribution in [0.5, 0.6) is 0 Å². The number of aromatic nitrogens is 4. The number of hydrogen-bond acceptors (Lipinski definition) is 6. The number of piperidine rings is 1. The Morgan fingerprint density at radius 3 is 2.50 bits per heavy atom. The Balaban J connectivity index is 1.42. The lowest BCUT2D eigenvalue weighted by atomic mass is 9.92. The van der Waals surface area contributed by atoms with Gasteiger partial charge >= 0.3 is 6.18 Å². The van der Waals surface area contributed by atoms with Crippen LogP contribution >= 0.6 is 0 Å². The lowest BCUT2D eigenvalue weighted by Crippen LogP contribution is -2.41. The van der Waals surface area contributed by atoms with Gasteiger partial charge in [-0.05, 0) is 55.3 Å². The Morgan fingerprint density at radius 1 is 1.07 bits per heavy atom. The summed E-state index contributed by atoms with van der Waals surface area (Å²) in [5.41, 5.74) is 7.65. The number of nitrogens with one attached hydrogen (secondary N) is 1. The van der Waals surface area contributed by atoms with Gasteiger partial charge in [-0.2, -0.15) is 18.3 Å². The van der Waals surface area contributed by atoms with Crippen molar-refractivity contribution in [3.05, 3.63) is 71.7 Å². The SMILES string of the molecule is CC(C)C(=O)N1CCCC(c2nn(-c3ccc(C(=O)Nc4cc(C(F)(F)F)ccn4)cc3)c3c(N)nccc23)C1. The Labute approximate surface area is 228 Å². The van der Waals surface area contributed by atoms with E-state index in [0.29, 0.717) is 23.6 Å². The van der Waals surface area contributed by atoms with E-state index in [1.54, 1.807) is 35.1 Å². The largest absolute Gasteiger partial charge is 0.416 e. The van der Waals surface area contributed by atoms with Crippen LogP contribution in [-0.2, 0) is 11.0 Å². The number of fused-ring (bicyclic) bond motifs is 1. The van der Waals surface area contributed by atoms with Crippen LogP contribution in [0.15, 0.2) is 54.9 Å². The summed E-state index contributed by atoms with van der Waals surface area (Å²) in [7, 11) is 0. The van der Waals surface area contributed by atoms with Crippen molar-refractivity contribution in [2.45, 2.75) is 38.8 Å². The maximum Gasteiger partial charge on any atom is 0.416 e. The van der Waals surface area contributed by atoms with Crippen molar-refractivity contribution in [2.24, 2.45) is 5.92 Å². The highest BCUT2D eigenvalue weighted by Crippen LogP contribution is 2.35. The third kappa shape index (κ3) is 5.33. The first-order valence-electron chi connectivity index (χ1n) is 12.9. The number of halogens is 3. The molecule has 0 saturated carbocycles. The topological polar surface area (TPSA) is 119 Å². The summed E-state index contributed by atoms with van der Waals surface area (Å²) in [5.74, 6) is -0.478. The number of amides is 2. The van der Waals surface area contributed by atoms with Crippen molar-refractivity contribution >= 4 is 34.4 Å². The number of pyridine rings is 2. The summed E-state index contributed by atoms with van der Waals surface area (Å²) in [6.07, 6.45) is -0.194. The van der Waals surface area contributed by atoms with Crippen molar-refractivity contribution in [1.82, 2.24) is 24.6 Å². The molecular formula is C28H28F3N7O2. The van der Waals surface area contributed by atoms with E-state index in [4.69, 9.17) is 10.8 Å². The molecule has 0 spiro atoms. The summed E-state index contributed by atoms with van der Waals surface area (Å²) >= 11 is 0. The van der Waals surface area contributed by atoms with Gasteiger partial charge < -0.3 is 16.0 Å². The molecule has 4 aromatic rings. The maximum atomic E-state index is 13.0. The molecule has 4 heterocycles. The molecule has 1 aliphatic rings. The Bertz CT molecular complexity index is 1560. The molecule has 1 fully saturated rings. The molecule has 2 amide bonds. The number of anilines is 2. The first-order valence-corrected chi connectivity index (χ1v) is 12.9. The molecule has 3 N–H and O–H groups in total. The van der Waals surface area contributed by atoms with Crippen molar-refractivity contribution in [3.8, 4) is 5.69 Å². The lowest BCUT2D eigenvalue weighted by Gasteiger charge is -2.33. The van der Waals surface area contributed by atoms with Gasteiger partial charge in [0.15, 0.2) is 0 Å². The first-order chi connectivity index (χ1) is 19.0. The lowest BCUT2D eigenvalue weighted by molar-refractivity contribution is -0.137. The molecule has 1 unspecified atom stereocenters. The van der Waals surface area contributed by atoms with E-state index in [1.807, 2.05) is 24.8 Å². The van der Waals surface area contributed by atoms with E-state index in [2.05, 4.69) is 15.3 Å². The average molecular weight is 552 g/mol. The van der Waals surface area contributed by atoms with Crippen LogP contribution in [0.3, 0.4) is 0 Å². The standard InChI is InChI=1S/C28H28F3N7O2/c1-16(2)27(40)37-13-3-4-18(15-37)23-21-10-12-34-25(32)24(21)38(36-23)20-7-5-17(6-8-20)26(39)35-22-14-19(9-11-33-22)28(29,30)31/h5-12,14,16,18H,3-4,13,15H2,1-2H3,(H2,32,34)(H,33,35,39). The number of nitrogen functional groups attached to an aromatic ring is 1. The maximum absolute atomic E-state index is 13.0. The molecule has 0 bridgehead atoms. The molecule has 208 valence electrons. The van der Waals surface area contributed by atoms with E-state index in [0.717, 1.165) is 48.8 Å². The second-order valence-corrected chi connectivity index (χ2v) is 10.1. The molecule has 0 radical (unpaired) electrons. The number of rotatable bonds is 5.